The van der Waals surface area contributed by atoms with Crippen LogP contribution in [0.3, 0.4) is 0 Å². The van der Waals surface area contributed by atoms with Gasteiger partial charge in [0.25, 0.3) is 0 Å². The Balaban J connectivity index is 1.68. The molecule has 0 radical (unpaired) electrons. The standard InChI is InChI=1S/C29H33NO5/c1-29(2,3)35-28(32)27(31)24(16-23-14-15-25-26(17-23)34-20-33-25)30(18-21-10-6-4-7-11-21)19-22-12-8-5-9-13-22/h4-15,17,24,27,31H,16,18-20H2,1-3H3. The molecule has 184 valence electrons. The van der Waals surface area contributed by atoms with Crippen LogP contribution in [0.4, 0.5) is 0 Å². The summed E-state index contributed by atoms with van der Waals surface area (Å²) in [5, 5.41) is 11.3. The number of fused-ring (bicyclic) bond motifs is 1. The van der Waals surface area contributed by atoms with Crippen molar-refractivity contribution < 1.29 is 24.1 Å². The monoisotopic (exact) mass is 475 g/mol. The first-order chi connectivity index (χ1) is 16.8. The van der Waals surface area contributed by atoms with Crippen LogP contribution in [0.2, 0.25) is 0 Å². The molecular formula is C29H33NO5. The third kappa shape index (κ3) is 6.84. The second kappa shape index (κ2) is 10.9. The molecule has 3 aromatic carbocycles. The first-order valence-corrected chi connectivity index (χ1v) is 11.9. The van der Waals surface area contributed by atoms with Crippen LogP contribution in [0, 0.1) is 0 Å². The van der Waals surface area contributed by atoms with E-state index in [9.17, 15) is 9.90 Å². The highest BCUT2D eigenvalue weighted by Crippen LogP contribution is 2.33. The maximum atomic E-state index is 13.0. The lowest BCUT2D eigenvalue weighted by Gasteiger charge is -2.35. The van der Waals surface area contributed by atoms with Crippen molar-refractivity contribution >= 4 is 5.97 Å². The van der Waals surface area contributed by atoms with Crippen LogP contribution in [0.15, 0.2) is 78.9 Å². The second-order valence-corrected chi connectivity index (χ2v) is 9.81. The SMILES string of the molecule is CC(C)(C)OC(=O)C(O)C(Cc1ccc2c(c1)OCO2)N(Cc1ccccc1)Cc1ccccc1. The molecule has 4 rings (SSSR count). The first-order valence-electron chi connectivity index (χ1n) is 11.9. The number of ether oxygens (including phenoxy) is 3. The van der Waals surface area contributed by atoms with E-state index in [4.69, 9.17) is 14.2 Å². The van der Waals surface area contributed by atoms with Gasteiger partial charge in [-0.1, -0.05) is 66.7 Å². The number of hydrogen-bond donors (Lipinski definition) is 1. The maximum Gasteiger partial charge on any atom is 0.337 e. The van der Waals surface area contributed by atoms with E-state index >= 15 is 0 Å². The summed E-state index contributed by atoms with van der Waals surface area (Å²) in [6.07, 6.45) is -0.913. The Labute approximate surface area is 207 Å². The minimum absolute atomic E-state index is 0.191. The molecule has 0 aromatic heterocycles. The van der Waals surface area contributed by atoms with Gasteiger partial charge in [0.15, 0.2) is 17.6 Å². The molecule has 2 atom stereocenters. The number of hydrogen-bond acceptors (Lipinski definition) is 6. The molecule has 2 unspecified atom stereocenters. The average Bonchev–Trinajstić information content (AvgIpc) is 3.30. The summed E-state index contributed by atoms with van der Waals surface area (Å²) >= 11 is 0. The number of rotatable bonds is 9. The minimum Gasteiger partial charge on any atom is -0.458 e. The topological polar surface area (TPSA) is 68.2 Å². The molecule has 1 aliphatic rings. The Morgan fingerprint density at radius 2 is 1.46 bits per heavy atom. The van der Waals surface area contributed by atoms with Gasteiger partial charge in [-0.05, 0) is 56.0 Å². The number of benzene rings is 3. The van der Waals surface area contributed by atoms with Crippen molar-refractivity contribution in [2.24, 2.45) is 0 Å². The summed E-state index contributed by atoms with van der Waals surface area (Å²) < 4.78 is 16.6. The Morgan fingerprint density at radius 1 is 0.886 bits per heavy atom. The fourth-order valence-corrected chi connectivity index (χ4v) is 4.20. The molecule has 0 aliphatic carbocycles. The van der Waals surface area contributed by atoms with E-state index in [0.717, 1.165) is 16.7 Å². The Bertz CT molecular complexity index is 1070. The molecule has 35 heavy (non-hydrogen) atoms. The van der Waals surface area contributed by atoms with Crippen molar-refractivity contribution in [1.29, 1.82) is 0 Å². The van der Waals surface area contributed by atoms with Gasteiger partial charge in [0.2, 0.25) is 6.79 Å². The number of carbonyl (C=O) groups excluding carboxylic acids is 1. The van der Waals surface area contributed by atoms with Crippen LogP contribution in [-0.2, 0) is 29.0 Å². The van der Waals surface area contributed by atoms with Crippen molar-refractivity contribution in [3.05, 3.63) is 95.6 Å². The van der Waals surface area contributed by atoms with Gasteiger partial charge in [0.1, 0.15) is 5.60 Å². The molecule has 0 spiro atoms. The highest BCUT2D eigenvalue weighted by Gasteiger charge is 2.35. The lowest BCUT2D eigenvalue weighted by molar-refractivity contribution is -0.169. The Hall–Kier alpha value is -3.35. The van der Waals surface area contributed by atoms with Crippen LogP contribution in [-0.4, -0.2) is 40.5 Å². The molecule has 3 aromatic rings. The predicted octanol–water partition coefficient (Wildman–Crippen LogP) is 4.73. The number of nitrogens with zero attached hydrogens (tertiary/aromatic N) is 1. The largest absolute Gasteiger partial charge is 0.458 e. The van der Waals surface area contributed by atoms with Crippen molar-refractivity contribution in [3.63, 3.8) is 0 Å². The fourth-order valence-electron chi connectivity index (χ4n) is 4.20. The van der Waals surface area contributed by atoms with Gasteiger partial charge in [-0.2, -0.15) is 0 Å². The van der Waals surface area contributed by atoms with Gasteiger partial charge < -0.3 is 19.3 Å². The molecular weight excluding hydrogens is 442 g/mol. The molecule has 0 fully saturated rings. The summed E-state index contributed by atoms with van der Waals surface area (Å²) in [4.78, 5) is 15.2. The fraction of sp³-hybridized carbons (Fsp3) is 0.345. The molecule has 0 bridgehead atoms. The Morgan fingerprint density at radius 3 is 2.03 bits per heavy atom. The van der Waals surface area contributed by atoms with Crippen LogP contribution in [0.1, 0.15) is 37.5 Å². The third-order valence-corrected chi connectivity index (χ3v) is 5.82. The zero-order valence-electron chi connectivity index (χ0n) is 20.5. The van der Waals surface area contributed by atoms with Crippen LogP contribution < -0.4 is 9.47 Å². The van der Waals surface area contributed by atoms with E-state index < -0.39 is 23.7 Å². The predicted molar refractivity (Wildman–Crippen MR) is 134 cm³/mol. The summed E-state index contributed by atoms with van der Waals surface area (Å²) in [7, 11) is 0. The van der Waals surface area contributed by atoms with Crippen LogP contribution >= 0.6 is 0 Å². The molecule has 6 nitrogen and oxygen atoms in total. The third-order valence-electron chi connectivity index (χ3n) is 5.82. The van der Waals surface area contributed by atoms with E-state index in [1.165, 1.54) is 0 Å². The average molecular weight is 476 g/mol. The van der Waals surface area contributed by atoms with Crippen molar-refractivity contribution in [2.45, 2.75) is 58.0 Å². The summed E-state index contributed by atoms with van der Waals surface area (Å²) in [6.45, 7) is 6.72. The van der Waals surface area contributed by atoms with E-state index in [1.54, 1.807) is 20.8 Å². The second-order valence-electron chi connectivity index (χ2n) is 9.81. The van der Waals surface area contributed by atoms with Gasteiger partial charge in [-0.15, -0.1) is 0 Å². The smallest absolute Gasteiger partial charge is 0.337 e. The minimum atomic E-state index is -1.34. The normalized spacial score (nSPS) is 14.5. The highest BCUT2D eigenvalue weighted by molar-refractivity contribution is 5.75. The summed E-state index contributed by atoms with van der Waals surface area (Å²) in [5.74, 6) is 0.739. The molecule has 1 N–H and O–H groups in total. The molecule has 1 aliphatic heterocycles. The van der Waals surface area contributed by atoms with Gasteiger partial charge in [-0.25, -0.2) is 4.79 Å². The quantitative estimate of drug-likeness (QED) is 0.451. The van der Waals surface area contributed by atoms with Gasteiger partial charge in [-0.3, -0.25) is 4.90 Å². The van der Waals surface area contributed by atoms with E-state index in [-0.39, 0.29) is 6.79 Å². The molecule has 1 heterocycles. The zero-order chi connectivity index (χ0) is 24.8. The van der Waals surface area contributed by atoms with E-state index in [2.05, 4.69) is 29.2 Å². The lowest BCUT2D eigenvalue weighted by atomic mass is 9.97. The molecule has 0 saturated heterocycles. The van der Waals surface area contributed by atoms with Crippen molar-refractivity contribution in [1.82, 2.24) is 4.90 Å². The maximum absolute atomic E-state index is 13.0. The Kier molecular flexibility index (Phi) is 7.73. The first kappa shape index (κ1) is 24.8. The summed E-state index contributed by atoms with van der Waals surface area (Å²) in [6, 6.07) is 25.3. The van der Waals surface area contributed by atoms with Crippen molar-refractivity contribution in [2.75, 3.05) is 6.79 Å². The van der Waals surface area contributed by atoms with Crippen LogP contribution in [0.5, 0.6) is 11.5 Å². The molecule has 0 saturated carbocycles. The lowest BCUT2D eigenvalue weighted by Crippen LogP contribution is -2.49. The van der Waals surface area contributed by atoms with Gasteiger partial charge in [0.05, 0.1) is 6.04 Å². The highest BCUT2D eigenvalue weighted by atomic mass is 16.7. The number of esters is 1. The van der Waals surface area contributed by atoms with Gasteiger partial charge >= 0.3 is 5.97 Å². The van der Waals surface area contributed by atoms with E-state index in [1.807, 2.05) is 54.6 Å². The van der Waals surface area contributed by atoms with Crippen LogP contribution in [0.25, 0.3) is 0 Å². The molecule has 6 heteroatoms. The summed E-state index contributed by atoms with van der Waals surface area (Å²) in [5.41, 5.74) is 2.42. The zero-order valence-corrected chi connectivity index (χ0v) is 20.5. The molecule has 0 amide bonds. The van der Waals surface area contributed by atoms with E-state index in [0.29, 0.717) is 31.0 Å². The van der Waals surface area contributed by atoms with Crippen molar-refractivity contribution in [3.8, 4) is 11.5 Å². The number of carbonyl (C=O) groups is 1. The number of aliphatic hydroxyl groups is 1. The van der Waals surface area contributed by atoms with Gasteiger partial charge in [0, 0.05) is 13.1 Å². The number of aliphatic hydroxyl groups excluding tert-OH is 1.